The summed E-state index contributed by atoms with van der Waals surface area (Å²) in [6, 6.07) is -0.335. The van der Waals surface area contributed by atoms with Crippen LogP contribution in [0, 0.1) is 0 Å². The average molecular weight is 294 g/mol. The third kappa shape index (κ3) is 3.03. The van der Waals surface area contributed by atoms with Crippen molar-refractivity contribution in [2.75, 3.05) is 6.54 Å². The molecule has 8 nitrogen and oxygen atoms in total. The Morgan fingerprint density at radius 3 is 2.38 bits per heavy atom. The Morgan fingerprint density at radius 2 is 1.86 bits per heavy atom. The summed E-state index contributed by atoms with van der Waals surface area (Å²) >= 11 is 0. The number of aryl methyl sites for hydroxylation is 1. The van der Waals surface area contributed by atoms with Crippen molar-refractivity contribution in [3.63, 3.8) is 0 Å². The maximum atomic E-state index is 12.1. The van der Waals surface area contributed by atoms with E-state index in [0.717, 1.165) is 5.82 Å². The number of nitrogens with one attached hydrogen (secondary N) is 1. The van der Waals surface area contributed by atoms with Crippen molar-refractivity contribution in [2.45, 2.75) is 58.5 Å². The first-order valence-corrected chi connectivity index (χ1v) is 7.04. The van der Waals surface area contributed by atoms with Gasteiger partial charge in [0.25, 0.3) is 5.91 Å². The Balaban J connectivity index is 1.96. The molecule has 0 unspecified atom stereocenters. The Labute approximate surface area is 123 Å². The molecule has 0 radical (unpaired) electrons. The maximum Gasteiger partial charge on any atom is 0.325 e. The predicted molar refractivity (Wildman–Crippen MR) is 75.5 cm³/mol. The highest BCUT2D eigenvalue weighted by Gasteiger charge is 2.43. The van der Waals surface area contributed by atoms with Crippen LogP contribution in [0.5, 0.6) is 0 Å². The largest absolute Gasteiger partial charge is 0.325 e. The number of nitrogens with zero attached hydrogens (tertiary/aromatic N) is 5. The van der Waals surface area contributed by atoms with Crippen LogP contribution in [0.25, 0.3) is 0 Å². The van der Waals surface area contributed by atoms with Crippen LogP contribution in [0.2, 0.25) is 0 Å². The van der Waals surface area contributed by atoms with Crippen molar-refractivity contribution in [1.82, 2.24) is 30.4 Å². The van der Waals surface area contributed by atoms with Crippen LogP contribution in [0.15, 0.2) is 0 Å². The number of hydrogen-bond donors (Lipinski definition) is 1. The summed E-state index contributed by atoms with van der Waals surface area (Å²) in [6.07, 6.45) is 0.614. The molecule has 1 aliphatic rings. The second-order valence-corrected chi connectivity index (χ2v) is 6.84. The summed E-state index contributed by atoms with van der Waals surface area (Å²) in [5.74, 6) is 0.597. The molecule has 21 heavy (non-hydrogen) atoms. The lowest BCUT2D eigenvalue weighted by atomic mass is 9.96. The van der Waals surface area contributed by atoms with Crippen LogP contribution in [0.3, 0.4) is 0 Å². The van der Waals surface area contributed by atoms with E-state index in [0.29, 0.717) is 19.5 Å². The molecule has 0 aromatic carbocycles. The maximum absolute atomic E-state index is 12.1. The van der Waals surface area contributed by atoms with Crippen molar-refractivity contribution in [2.24, 2.45) is 0 Å². The van der Waals surface area contributed by atoms with Gasteiger partial charge < -0.3 is 5.32 Å². The van der Waals surface area contributed by atoms with Gasteiger partial charge in [0.1, 0.15) is 5.54 Å². The van der Waals surface area contributed by atoms with E-state index in [-0.39, 0.29) is 17.4 Å². The Morgan fingerprint density at radius 1 is 1.19 bits per heavy atom. The van der Waals surface area contributed by atoms with Gasteiger partial charge in [-0.05, 0) is 30.7 Å². The van der Waals surface area contributed by atoms with E-state index in [1.54, 1.807) is 18.5 Å². The van der Waals surface area contributed by atoms with E-state index >= 15 is 0 Å². The van der Waals surface area contributed by atoms with Gasteiger partial charge in [0.05, 0.1) is 0 Å². The fourth-order valence-corrected chi connectivity index (χ4v) is 2.29. The SMILES string of the molecule is CC1(C)NC(=O)N(CCCn2nnnc2C(C)(C)C)C1=O. The molecule has 1 fully saturated rings. The zero-order valence-electron chi connectivity index (χ0n) is 13.2. The van der Waals surface area contributed by atoms with E-state index in [9.17, 15) is 9.59 Å². The van der Waals surface area contributed by atoms with Crippen molar-refractivity contribution in [3.05, 3.63) is 5.82 Å². The Hall–Kier alpha value is -1.99. The molecule has 0 atom stereocenters. The molecular formula is C13H22N6O2. The number of urea groups is 1. The van der Waals surface area contributed by atoms with Crippen LogP contribution in [0.1, 0.15) is 46.9 Å². The molecule has 1 aromatic heterocycles. The third-order valence-corrected chi connectivity index (χ3v) is 3.40. The zero-order chi connectivity index (χ0) is 15.8. The highest BCUT2D eigenvalue weighted by atomic mass is 16.2. The molecule has 2 rings (SSSR count). The minimum absolute atomic E-state index is 0.146. The van der Waals surface area contributed by atoms with Crippen LogP contribution in [0.4, 0.5) is 4.79 Å². The molecule has 8 heteroatoms. The molecule has 0 aliphatic carbocycles. The number of hydrogen-bond acceptors (Lipinski definition) is 5. The van der Waals surface area contributed by atoms with E-state index in [1.807, 2.05) is 20.8 Å². The topological polar surface area (TPSA) is 93.0 Å². The summed E-state index contributed by atoms with van der Waals surface area (Å²) in [5, 5.41) is 14.4. The van der Waals surface area contributed by atoms with Crippen LogP contribution < -0.4 is 5.32 Å². The molecule has 116 valence electrons. The lowest BCUT2D eigenvalue weighted by Crippen LogP contribution is -2.40. The second kappa shape index (κ2) is 5.09. The quantitative estimate of drug-likeness (QED) is 0.825. The number of carbonyl (C=O) groups excluding carboxylic acids is 2. The van der Waals surface area contributed by atoms with Gasteiger partial charge in [-0.1, -0.05) is 20.8 Å². The summed E-state index contributed by atoms with van der Waals surface area (Å²) in [4.78, 5) is 25.1. The van der Waals surface area contributed by atoms with E-state index in [4.69, 9.17) is 0 Å². The van der Waals surface area contributed by atoms with Crippen molar-refractivity contribution in [3.8, 4) is 0 Å². The lowest BCUT2D eigenvalue weighted by Gasteiger charge is -2.18. The Kier molecular flexibility index (Phi) is 3.73. The number of amides is 3. The molecule has 2 heterocycles. The summed E-state index contributed by atoms with van der Waals surface area (Å²) in [5.41, 5.74) is -0.963. The van der Waals surface area contributed by atoms with Gasteiger partial charge in [-0.15, -0.1) is 5.10 Å². The van der Waals surface area contributed by atoms with E-state index in [1.165, 1.54) is 4.90 Å². The fourth-order valence-electron chi connectivity index (χ4n) is 2.29. The number of carbonyl (C=O) groups is 2. The smallest absolute Gasteiger partial charge is 0.324 e. The van der Waals surface area contributed by atoms with E-state index in [2.05, 4.69) is 20.8 Å². The van der Waals surface area contributed by atoms with Gasteiger partial charge in [0.15, 0.2) is 5.82 Å². The van der Waals surface area contributed by atoms with Crippen molar-refractivity contribution < 1.29 is 9.59 Å². The van der Waals surface area contributed by atoms with Gasteiger partial charge in [-0.3, -0.25) is 9.69 Å². The second-order valence-electron chi connectivity index (χ2n) is 6.84. The van der Waals surface area contributed by atoms with Crippen LogP contribution in [-0.4, -0.2) is 49.1 Å². The highest BCUT2D eigenvalue weighted by Crippen LogP contribution is 2.19. The number of tetrazole rings is 1. The molecule has 1 aliphatic heterocycles. The molecular weight excluding hydrogens is 272 g/mol. The van der Waals surface area contributed by atoms with Gasteiger partial charge in [-0.2, -0.15) is 0 Å². The first-order chi connectivity index (χ1) is 9.63. The van der Waals surface area contributed by atoms with Gasteiger partial charge >= 0.3 is 6.03 Å². The molecule has 0 spiro atoms. The predicted octanol–water partition coefficient (Wildman–Crippen LogP) is 0.691. The van der Waals surface area contributed by atoms with Crippen LogP contribution >= 0.6 is 0 Å². The first-order valence-electron chi connectivity index (χ1n) is 7.04. The monoisotopic (exact) mass is 294 g/mol. The lowest BCUT2D eigenvalue weighted by molar-refractivity contribution is -0.130. The number of rotatable bonds is 4. The fraction of sp³-hybridized carbons (Fsp3) is 0.769. The summed E-state index contributed by atoms with van der Waals surface area (Å²) in [7, 11) is 0. The molecule has 1 N–H and O–H groups in total. The third-order valence-electron chi connectivity index (χ3n) is 3.40. The van der Waals surface area contributed by atoms with E-state index < -0.39 is 5.54 Å². The van der Waals surface area contributed by atoms with Crippen molar-refractivity contribution in [1.29, 1.82) is 0 Å². The molecule has 1 aromatic rings. The minimum atomic E-state index is -0.817. The van der Waals surface area contributed by atoms with Crippen molar-refractivity contribution >= 4 is 11.9 Å². The summed E-state index contributed by atoms with van der Waals surface area (Å²) in [6.45, 7) is 10.4. The van der Waals surface area contributed by atoms with Gasteiger partial charge in [0, 0.05) is 18.5 Å². The molecule has 1 saturated heterocycles. The molecule has 0 saturated carbocycles. The summed E-state index contributed by atoms with van der Waals surface area (Å²) < 4.78 is 1.73. The standard InChI is InChI=1S/C13H22N6O2/c1-12(2,3)9-15-16-17-19(9)8-6-7-18-10(20)13(4,5)14-11(18)21/h6-8H2,1-5H3,(H,14,21). The minimum Gasteiger partial charge on any atom is -0.324 e. The first kappa shape index (κ1) is 15.4. The van der Waals surface area contributed by atoms with Crippen LogP contribution in [-0.2, 0) is 16.8 Å². The number of imide groups is 1. The van der Waals surface area contributed by atoms with Gasteiger partial charge in [-0.25, -0.2) is 9.48 Å². The number of aromatic nitrogens is 4. The average Bonchev–Trinajstić information content (AvgIpc) is 2.87. The Bertz CT molecular complexity index is 557. The van der Waals surface area contributed by atoms with Gasteiger partial charge in [0.2, 0.25) is 0 Å². The normalized spacial score (nSPS) is 18.2. The molecule has 3 amide bonds. The zero-order valence-corrected chi connectivity index (χ0v) is 13.2. The highest BCUT2D eigenvalue weighted by molar-refractivity contribution is 6.06. The molecule has 0 bridgehead atoms.